The molecule has 0 amide bonds. The Morgan fingerprint density at radius 3 is 0.929 bits per heavy atom. The summed E-state index contributed by atoms with van der Waals surface area (Å²) in [4.78, 5) is 38.0. The number of allylic oxidation sites excluding steroid dienone is 18. The lowest BCUT2D eigenvalue weighted by molar-refractivity contribution is -0.167. The average Bonchev–Trinajstić information content (AvgIpc) is 3.36. The lowest BCUT2D eigenvalue weighted by Gasteiger charge is -2.18. The van der Waals surface area contributed by atoms with Gasteiger partial charge in [0.15, 0.2) is 6.10 Å². The minimum Gasteiger partial charge on any atom is -0.462 e. The summed E-state index contributed by atoms with van der Waals surface area (Å²) in [5.41, 5.74) is 0. The maximum atomic E-state index is 12.8. The van der Waals surface area contributed by atoms with Crippen molar-refractivity contribution in [3.63, 3.8) is 0 Å². The summed E-state index contributed by atoms with van der Waals surface area (Å²) in [7, 11) is 0. The third-order valence-electron chi connectivity index (χ3n) is 12.0. The Labute approximate surface area is 431 Å². The van der Waals surface area contributed by atoms with E-state index in [1.807, 2.05) is 0 Å². The third kappa shape index (κ3) is 55.0. The predicted molar refractivity (Wildman–Crippen MR) is 302 cm³/mol. The van der Waals surface area contributed by atoms with Crippen LogP contribution in [0.2, 0.25) is 0 Å². The molecule has 70 heavy (non-hydrogen) atoms. The van der Waals surface area contributed by atoms with Gasteiger partial charge < -0.3 is 14.2 Å². The van der Waals surface area contributed by atoms with Gasteiger partial charge in [-0.2, -0.15) is 0 Å². The van der Waals surface area contributed by atoms with Crippen LogP contribution in [0.5, 0.6) is 0 Å². The number of hydrogen-bond donors (Lipinski definition) is 0. The summed E-state index contributed by atoms with van der Waals surface area (Å²) in [6, 6.07) is 0. The lowest BCUT2D eigenvalue weighted by atomic mass is 10.1. The average molecular weight is 972 g/mol. The summed E-state index contributed by atoms with van der Waals surface area (Å²) < 4.78 is 16.8. The van der Waals surface area contributed by atoms with E-state index in [0.717, 1.165) is 96.3 Å². The molecule has 0 aliphatic rings. The van der Waals surface area contributed by atoms with Crippen molar-refractivity contribution in [1.82, 2.24) is 0 Å². The van der Waals surface area contributed by atoms with Crippen LogP contribution in [0.15, 0.2) is 109 Å². The quantitative estimate of drug-likeness (QED) is 0.0262. The molecule has 0 aliphatic carbocycles. The lowest BCUT2D eigenvalue weighted by Crippen LogP contribution is -2.30. The Morgan fingerprint density at radius 2 is 0.571 bits per heavy atom. The molecule has 0 aromatic carbocycles. The Balaban J connectivity index is 4.36. The van der Waals surface area contributed by atoms with Gasteiger partial charge >= 0.3 is 17.9 Å². The van der Waals surface area contributed by atoms with Gasteiger partial charge in [-0.3, -0.25) is 14.4 Å². The molecule has 0 heterocycles. The minimum absolute atomic E-state index is 0.0981. The summed E-state index contributed by atoms with van der Waals surface area (Å²) >= 11 is 0. The first-order chi connectivity index (χ1) is 34.5. The van der Waals surface area contributed by atoms with Crippen molar-refractivity contribution in [3.8, 4) is 0 Å². The van der Waals surface area contributed by atoms with Gasteiger partial charge in [0.1, 0.15) is 13.2 Å². The molecule has 0 saturated heterocycles. The summed E-state index contributed by atoms with van der Waals surface area (Å²) in [5.74, 6) is -0.969. The normalized spacial score (nSPS) is 12.9. The fourth-order valence-electron chi connectivity index (χ4n) is 7.70. The van der Waals surface area contributed by atoms with E-state index in [-0.39, 0.29) is 37.5 Å². The molecule has 0 aliphatic heterocycles. The van der Waals surface area contributed by atoms with Crippen LogP contribution in [0.25, 0.3) is 0 Å². The van der Waals surface area contributed by atoms with Crippen LogP contribution in [0, 0.1) is 0 Å². The highest BCUT2D eigenvalue weighted by Gasteiger charge is 2.19. The van der Waals surface area contributed by atoms with Gasteiger partial charge in [-0.05, 0) is 103 Å². The molecule has 1 unspecified atom stereocenters. The van der Waals surface area contributed by atoms with E-state index in [0.29, 0.717) is 19.3 Å². The van der Waals surface area contributed by atoms with Gasteiger partial charge in [-0.25, -0.2) is 0 Å². The number of ether oxygens (including phenoxy) is 3. The third-order valence-corrected chi connectivity index (χ3v) is 12.0. The number of esters is 3. The smallest absolute Gasteiger partial charge is 0.306 e. The molecule has 1 atom stereocenters. The Kier molecular flexibility index (Phi) is 54.4. The zero-order chi connectivity index (χ0) is 50.7. The molecule has 0 fully saturated rings. The number of carbonyl (C=O) groups excluding carboxylic acids is 3. The Bertz CT molecular complexity index is 1440. The van der Waals surface area contributed by atoms with Crippen molar-refractivity contribution >= 4 is 17.9 Å². The van der Waals surface area contributed by atoms with E-state index in [2.05, 4.69) is 130 Å². The first-order valence-electron chi connectivity index (χ1n) is 28.9. The Hall–Kier alpha value is -3.93. The van der Waals surface area contributed by atoms with Crippen molar-refractivity contribution in [3.05, 3.63) is 109 Å². The fourth-order valence-corrected chi connectivity index (χ4v) is 7.70. The highest BCUT2D eigenvalue weighted by Crippen LogP contribution is 2.14. The molecule has 0 saturated carbocycles. The van der Waals surface area contributed by atoms with Gasteiger partial charge in [0.2, 0.25) is 0 Å². The maximum Gasteiger partial charge on any atom is 0.306 e. The standard InChI is InChI=1S/C64H106O6/c1-4-7-10-13-16-19-21-23-25-27-29-31-32-34-35-37-39-41-43-45-48-51-54-57-63(66)69-60-61(59-68-62(65)56-53-50-47-18-15-12-9-6-3)70-64(67)58-55-52-49-46-44-42-40-38-36-33-30-28-26-24-22-20-17-14-11-8-5-2/h7,10,16,19,22-25,28-31,34-35,39,41,45,48,61H,4-6,8-9,11-15,17-18,20-21,26-27,32-33,36-38,40,42-44,46-47,49-60H2,1-3H3/b10-7-,19-16-,24-22-,25-23-,30-28-,31-29-,35-34-,41-39-,48-45-. The molecular formula is C64H106O6. The van der Waals surface area contributed by atoms with Crippen LogP contribution in [0.3, 0.4) is 0 Å². The first-order valence-corrected chi connectivity index (χ1v) is 28.9. The monoisotopic (exact) mass is 971 g/mol. The molecule has 398 valence electrons. The van der Waals surface area contributed by atoms with Crippen molar-refractivity contribution in [2.24, 2.45) is 0 Å². The van der Waals surface area contributed by atoms with Gasteiger partial charge in [0.25, 0.3) is 0 Å². The largest absolute Gasteiger partial charge is 0.462 e. The van der Waals surface area contributed by atoms with Gasteiger partial charge in [-0.1, -0.05) is 246 Å². The zero-order valence-electron chi connectivity index (χ0n) is 45.5. The number of unbranched alkanes of at least 4 members (excludes halogenated alkanes) is 22. The second-order valence-corrected chi connectivity index (χ2v) is 18.8. The second-order valence-electron chi connectivity index (χ2n) is 18.8. The van der Waals surface area contributed by atoms with Gasteiger partial charge in [0, 0.05) is 19.3 Å². The first kappa shape index (κ1) is 66.1. The van der Waals surface area contributed by atoms with Crippen LogP contribution in [-0.2, 0) is 28.6 Å². The predicted octanol–water partition coefficient (Wildman–Crippen LogP) is 19.5. The van der Waals surface area contributed by atoms with E-state index in [4.69, 9.17) is 14.2 Å². The summed E-state index contributed by atoms with van der Waals surface area (Å²) in [5, 5.41) is 0. The van der Waals surface area contributed by atoms with E-state index in [1.165, 1.54) is 116 Å². The van der Waals surface area contributed by atoms with Crippen molar-refractivity contribution in [2.75, 3.05) is 13.2 Å². The molecule has 0 radical (unpaired) electrons. The van der Waals surface area contributed by atoms with Crippen molar-refractivity contribution in [1.29, 1.82) is 0 Å². The van der Waals surface area contributed by atoms with Gasteiger partial charge in [-0.15, -0.1) is 0 Å². The van der Waals surface area contributed by atoms with Crippen molar-refractivity contribution < 1.29 is 28.6 Å². The number of hydrogen-bond acceptors (Lipinski definition) is 6. The summed E-state index contributed by atoms with van der Waals surface area (Å²) in [6.07, 6.45) is 78.1. The maximum absolute atomic E-state index is 12.8. The molecule has 0 spiro atoms. The fraction of sp³-hybridized carbons (Fsp3) is 0.672. The number of rotatable bonds is 51. The number of carbonyl (C=O) groups is 3. The highest BCUT2D eigenvalue weighted by atomic mass is 16.6. The molecular weight excluding hydrogens is 865 g/mol. The highest BCUT2D eigenvalue weighted by molar-refractivity contribution is 5.71. The topological polar surface area (TPSA) is 78.9 Å². The molecule has 0 aromatic rings. The van der Waals surface area contributed by atoms with Crippen LogP contribution in [0.4, 0.5) is 0 Å². The minimum atomic E-state index is -0.803. The van der Waals surface area contributed by atoms with Crippen LogP contribution < -0.4 is 0 Å². The van der Waals surface area contributed by atoms with E-state index in [1.54, 1.807) is 0 Å². The van der Waals surface area contributed by atoms with E-state index < -0.39 is 6.10 Å². The summed E-state index contributed by atoms with van der Waals surface area (Å²) in [6.45, 7) is 6.43. The molecule has 0 N–H and O–H groups in total. The van der Waals surface area contributed by atoms with Crippen LogP contribution in [0.1, 0.15) is 258 Å². The SMILES string of the molecule is CC/C=C\C/C=C\C/C=C\C/C=C\C/C=C\C/C=C\C/C=C\CCCC(=O)OCC(COC(=O)CCCCCCCCCC)OC(=O)CCCCCCCCCCC/C=C\C/C=C\CCCCCCC. The Morgan fingerprint density at radius 1 is 0.300 bits per heavy atom. The van der Waals surface area contributed by atoms with Crippen LogP contribution in [-0.4, -0.2) is 37.2 Å². The zero-order valence-corrected chi connectivity index (χ0v) is 45.5. The second kappa shape index (κ2) is 57.6. The van der Waals surface area contributed by atoms with Crippen molar-refractivity contribution in [2.45, 2.75) is 264 Å². The molecule has 6 nitrogen and oxygen atoms in total. The molecule has 0 bridgehead atoms. The molecule has 0 rings (SSSR count). The van der Waals surface area contributed by atoms with E-state index >= 15 is 0 Å². The molecule has 6 heteroatoms. The van der Waals surface area contributed by atoms with Crippen LogP contribution >= 0.6 is 0 Å². The molecule has 0 aromatic heterocycles. The van der Waals surface area contributed by atoms with E-state index in [9.17, 15) is 14.4 Å². The van der Waals surface area contributed by atoms with Gasteiger partial charge in [0.05, 0.1) is 0 Å².